The summed E-state index contributed by atoms with van der Waals surface area (Å²) in [5.41, 5.74) is 0. The van der Waals surface area contributed by atoms with E-state index in [0.717, 1.165) is 64.7 Å². The standard InChI is InChI=1S/C21H34FN3O3/c1-3-23-21(24-11-4-12-27-16-18-9-13-26-14-10-18)25-15-17(2)28-20-7-5-19(22)6-8-20/h5-8,17-18H,3-4,9-16H2,1-2H3,(H2,23,24,25). The van der Waals surface area contributed by atoms with Crippen molar-refractivity contribution in [1.29, 1.82) is 0 Å². The molecule has 0 aliphatic carbocycles. The summed E-state index contributed by atoms with van der Waals surface area (Å²) in [6, 6.07) is 6.03. The van der Waals surface area contributed by atoms with Gasteiger partial charge in [-0.15, -0.1) is 0 Å². The minimum Gasteiger partial charge on any atom is -0.489 e. The largest absolute Gasteiger partial charge is 0.489 e. The maximum Gasteiger partial charge on any atom is 0.191 e. The third kappa shape index (κ3) is 9.37. The molecule has 0 aromatic heterocycles. The van der Waals surface area contributed by atoms with E-state index in [1.807, 2.05) is 13.8 Å². The highest BCUT2D eigenvalue weighted by Crippen LogP contribution is 2.15. The molecule has 1 unspecified atom stereocenters. The first kappa shape index (κ1) is 22.4. The fourth-order valence-electron chi connectivity index (χ4n) is 2.89. The maximum absolute atomic E-state index is 12.9. The molecule has 7 heteroatoms. The predicted octanol–water partition coefficient (Wildman–Crippen LogP) is 2.98. The fraction of sp³-hybridized carbons (Fsp3) is 0.667. The molecule has 1 aromatic carbocycles. The Balaban J connectivity index is 1.61. The number of nitrogens with zero attached hydrogens (tertiary/aromatic N) is 1. The van der Waals surface area contributed by atoms with Crippen LogP contribution in [0.1, 0.15) is 33.1 Å². The van der Waals surface area contributed by atoms with Crippen molar-refractivity contribution in [3.05, 3.63) is 30.1 Å². The highest BCUT2D eigenvalue weighted by Gasteiger charge is 2.13. The van der Waals surface area contributed by atoms with Gasteiger partial charge in [0.2, 0.25) is 0 Å². The second-order valence-electron chi connectivity index (χ2n) is 7.01. The molecule has 1 heterocycles. The van der Waals surface area contributed by atoms with Crippen molar-refractivity contribution in [2.24, 2.45) is 10.9 Å². The van der Waals surface area contributed by atoms with Gasteiger partial charge in [0, 0.05) is 39.5 Å². The quantitative estimate of drug-likeness (QED) is 0.343. The van der Waals surface area contributed by atoms with E-state index in [-0.39, 0.29) is 11.9 Å². The Hall–Kier alpha value is -1.86. The Morgan fingerprint density at radius 1 is 1.25 bits per heavy atom. The predicted molar refractivity (Wildman–Crippen MR) is 109 cm³/mol. The Labute approximate surface area is 167 Å². The van der Waals surface area contributed by atoms with E-state index < -0.39 is 0 Å². The van der Waals surface area contributed by atoms with Gasteiger partial charge < -0.3 is 24.8 Å². The molecule has 0 saturated carbocycles. The van der Waals surface area contributed by atoms with Crippen molar-refractivity contribution in [3.8, 4) is 5.75 Å². The van der Waals surface area contributed by atoms with Gasteiger partial charge in [-0.2, -0.15) is 0 Å². The lowest BCUT2D eigenvalue weighted by atomic mass is 10.0. The summed E-state index contributed by atoms with van der Waals surface area (Å²) in [6.07, 6.45) is 3.03. The van der Waals surface area contributed by atoms with Gasteiger partial charge in [0.1, 0.15) is 17.7 Å². The summed E-state index contributed by atoms with van der Waals surface area (Å²) < 4.78 is 29.8. The van der Waals surface area contributed by atoms with Gasteiger partial charge >= 0.3 is 0 Å². The summed E-state index contributed by atoms with van der Waals surface area (Å²) in [7, 11) is 0. The third-order valence-electron chi connectivity index (χ3n) is 4.45. The average Bonchev–Trinajstić information content (AvgIpc) is 2.71. The van der Waals surface area contributed by atoms with Crippen molar-refractivity contribution < 1.29 is 18.6 Å². The topological polar surface area (TPSA) is 64.1 Å². The Morgan fingerprint density at radius 3 is 2.71 bits per heavy atom. The Morgan fingerprint density at radius 2 is 2.00 bits per heavy atom. The maximum atomic E-state index is 12.9. The summed E-state index contributed by atoms with van der Waals surface area (Å²) in [5, 5.41) is 6.55. The second-order valence-corrected chi connectivity index (χ2v) is 7.01. The monoisotopic (exact) mass is 395 g/mol. The lowest BCUT2D eigenvalue weighted by Crippen LogP contribution is -2.38. The van der Waals surface area contributed by atoms with Gasteiger partial charge in [-0.05, 0) is 63.3 Å². The summed E-state index contributed by atoms with van der Waals surface area (Å²) in [4.78, 5) is 4.56. The first-order valence-electron chi connectivity index (χ1n) is 10.3. The minimum atomic E-state index is -0.270. The molecular formula is C21H34FN3O3. The van der Waals surface area contributed by atoms with Crippen LogP contribution in [-0.4, -0.2) is 58.1 Å². The molecule has 158 valence electrons. The lowest BCUT2D eigenvalue weighted by molar-refractivity contribution is 0.0203. The van der Waals surface area contributed by atoms with Crippen molar-refractivity contribution in [2.45, 2.75) is 39.2 Å². The molecule has 1 aromatic rings. The molecule has 2 rings (SSSR count). The van der Waals surface area contributed by atoms with Crippen LogP contribution in [0, 0.1) is 11.7 Å². The van der Waals surface area contributed by atoms with E-state index in [0.29, 0.717) is 18.2 Å². The molecule has 1 aliphatic rings. The van der Waals surface area contributed by atoms with E-state index in [1.54, 1.807) is 12.1 Å². The number of hydrogen-bond donors (Lipinski definition) is 2. The van der Waals surface area contributed by atoms with Crippen molar-refractivity contribution in [2.75, 3.05) is 46.1 Å². The van der Waals surface area contributed by atoms with Crippen LogP contribution < -0.4 is 15.4 Å². The van der Waals surface area contributed by atoms with Crippen LogP contribution in [0.5, 0.6) is 5.75 Å². The van der Waals surface area contributed by atoms with Crippen LogP contribution in [0.2, 0.25) is 0 Å². The van der Waals surface area contributed by atoms with Gasteiger partial charge in [0.05, 0.1) is 6.54 Å². The molecule has 0 amide bonds. The molecular weight excluding hydrogens is 361 g/mol. The van der Waals surface area contributed by atoms with Gasteiger partial charge in [-0.25, -0.2) is 9.38 Å². The highest BCUT2D eigenvalue weighted by molar-refractivity contribution is 5.79. The first-order chi connectivity index (χ1) is 13.7. The van der Waals surface area contributed by atoms with Crippen LogP contribution >= 0.6 is 0 Å². The average molecular weight is 396 g/mol. The summed E-state index contributed by atoms with van der Waals surface area (Å²) in [5.74, 6) is 1.78. The molecule has 0 bridgehead atoms. The number of benzene rings is 1. The number of aliphatic imine (C=N–C) groups is 1. The highest BCUT2D eigenvalue weighted by atomic mass is 19.1. The molecule has 0 radical (unpaired) electrons. The molecule has 1 atom stereocenters. The van der Waals surface area contributed by atoms with Gasteiger partial charge in [0.15, 0.2) is 5.96 Å². The first-order valence-corrected chi connectivity index (χ1v) is 10.3. The number of nitrogens with one attached hydrogen (secondary N) is 2. The van der Waals surface area contributed by atoms with E-state index in [1.165, 1.54) is 12.1 Å². The lowest BCUT2D eigenvalue weighted by Gasteiger charge is -2.21. The van der Waals surface area contributed by atoms with E-state index in [9.17, 15) is 4.39 Å². The zero-order valence-corrected chi connectivity index (χ0v) is 17.1. The number of hydrogen-bond acceptors (Lipinski definition) is 4. The van der Waals surface area contributed by atoms with Gasteiger partial charge in [0.25, 0.3) is 0 Å². The van der Waals surface area contributed by atoms with E-state index in [2.05, 4.69) is 15.6 Å². The van der Waals surface area contributed by atoms with Crippen LogP contribution in [-0.2, 0) is 9.47 Å². The molecule has 1 aliphatic heterocycles. The van der Waals surface area contributed by atoms with Crippen LogP contribution in [0.15, 0.2) is 29.3 Å². The van der Waals surface area contributed by atoms with Gasteiger partial charge in [-0.1, -0.05) is 0 Å². The Kier molecular flexibility index (Phi) is 10.7. The molecule has 2 N–H and O–H groups in total. The fourth-order valence-corrected chi connectivity index (χ4v) is 2.89. The number of rotatable bonds is 11. The number of guanidine groups is 1. The molecule has 0 spiro atoms. The van der Waals surface area contributed by atoms with E-state index >= 15 is 0 Å². The van der Waals surface area contributed by atoms with E-state index in [4.69, 9.17) is 14.2 Å². The smallest absolute Gasteiger partial charge is 0.191 e. The van der Waals surface area contributed by atoms with Crippen molar-refractivity contribution in [1.82, 2.24) is 10.6 Å². The third-order valence-corrected chi connectivity index (χ3v) is 4.45. The second kappa shape index (κ2) is 13.3. The molecule has 1 saturated heterocycles. The summed E-state index contributed by atoms with van der Waals surface area (Å²) >= 11 is 0. The van der Waals surface area contributed by atoms with Crippen LogP contribution in [0.3, 0.4) is 0 Å². The normalized spacial score (nSPS) is 16.6. The van der Waals surface area contributed by atoms with Crippen LogP contribution in [0.4, 0.5) is 4.39 Å². The zero-order valence-electron chi connectivity index (χ0n) is 17.1. The van der Waals surface area contributed by atoms with Crippen LogP contribution in [0.25, 0.3) is 0 Å². The molecule has 1 fully saturated rings. The Bertz CT molecular complexity index is 563. The van der Waals surface area contributed by atoms with Crippen molar-refractivity contribution >= 4 is 5.96 Å². The van der Waals surface area contributed by atoms with Gasteiger partial charge in [-0.3, -0.25) is 0 Å². The number of halogens is 1. The van der Waals surface area contributed by atoms with Crippen molar-refractivity contribution in [3.63, 3.8) is 0 Å². The molecule has 28 heavy (non-hydrogen) atoms. The summed E-state index contributed by atoms with van der Waals surface area (Å²) in [6.45, 7) is 9.37. The minimum absolute atomic E-state index is 0.108. The SMILES string of the molecule is CCNC(=NCC(C)Oc1ccc(F)cc1)NCCCOCC1CCOCC1. The molecule has 6 nitrogen and oxygen atoms in total. The zero-order chi connectivity index (χ0) is 20.0. The number of ether oxygens (including phenoxy) is 3.